The van der Waals surface area contributed by atoms with Crippen molar-refractivity contribution in [1.82, 2.24) is 14.5 Å². The molecule has 0 atom stereocenters. The first-order chi connectivity index (χ1) is 19.8. The molecule has 0 spiro atoms. The smallest absolute Gasteiger partial charge is 0.435 e. The highest BCUT2D eigenvalue weighted by atomic mass is 32.2. The van der Waals surface area contributed by atoms with Crippen LogP contribution in [-0.2, 0) is 42.4 Å². The number of benzene rings is 3. The highest BCUT2D eigenvalue weighted by molar-refractivity contribution is 7.89. The first-order valence-electron chi connectivity index (χ1n) is 13.6. The second-order valence-electron chi connectivity index (χ2n) is 10.5. The first kappa shape index (κ1) is 31.3. The van der Waals surface area contributed by atoms with E-state index < -0.39 is 21.9 Å². The van der Waals surface area contributed by atoms with Crippen LogP contribution in [0.3, 0.4) is 0 Å². The van der Waals surface area contributed by atoms with E-state index >= 15 is 0 Å². The van der Waals surface area contributed by atoms with E-state index in [-0.39, 0.29) is 41.8 Å². The Kier molecular flexibility index (Phi) is 9.44. The average molecular weight is 601 g/mol. The van der Waals surface area contributed by atoms with Gasteiger partial charge in [0.05, 0.1) is 10.6 Å². The summed E-state index contributed by atoms with van der Waals surface area (Å²) in [6.07, 6.45) is -3.21. The molecule has 0 aliphatic rings. The molecule has 0 unspecified atom stereocenters. The zero-order valence-corrected chi connectivity index (χ0v) is 24.6. The molecule has 0 aliphatic heterocycles. The Morgan fingerprint density at radius 3 is 2.07 bits per heavy atom. The van der Waals surface area contributed by atoms with E-state index in [0.717, 1.165) is 12.0 Å². The van der Waals surface area contributed by atoms with Crippen LogP contribution in [0.5, 0.6) is 5.75 Å². The highest BCUT2D eigenvalue weighted by Crippen LogP contribution is 2.36. The molecule has 7 nitrogen and oxygen atoms in total. The zero-order valence-electron chi connectivity index (χ0n) is 23.8. The third-order valence-electron chi connectivity index (χ3n) is 7.10. The van der Waals surface area contributed by atoms with Gasteiger partial charge < -0.3 is 9.67 Å². The molecule has 0 saturated heterocycles. The molecule has 42 heavy (non-hydrogen) atoms. The lowest BCUT2D eigenvalue weighted by molar-refractivity contribution is -0.141. The van der Waals surface area contributed by atoms with Crippen molar-refractivity contribution in [2.24, 2.45) is 5.14 Å². The van der Waals surface area contributed by atoms with Crippen molar-refractivity contribution < 1.29 is 26.7 Å². The van der Waals surface area contributed by atoms with Gasteiger partial charge in [-0.15, -0.1) is 0 Å². The van der Waals surface area contributed by atoms with Crippen LogP contribution < -0.4 is 5.14 Å². The van der Waals surface area contributed by atoms with Gasteiger partial charge in [-0.1, -0.05) is 67.9 Å². The number of alkyl halides is 3. The van der Waals surface area contributed by atoms with Crippen LogP contribution in [0, 0.1) is 13.8 Å². The number of aromatic nitrogens is 2. The number of phenolic OH excluding ortho intramolecular Hbond substituents is 1. The fourth-order valence-corrected chi connectivity index (χ4v) is 5.57. The normalized spacial score (nSPS) is 12.3. The van der Waals surface area contributed by atoms with Gasteiger partial charge in [0.15, 0.2) is 5.69 Å². The van der Waals surface area contributed by atoms with Crippen molar-refractivity contribution in [3.63, 3.8) is 0 Å². The number of aromatic hydroxyl groups is 1. The van der Waals surface area contributed by atoms with E-state index in [1.165, 1.54) is 12.1 Å². The molecule has 4 rings (SSSR count). The largest absolute Gasteiger partial charge is 0.507 e. The fraction of sp³-hybridized carbons (Fsp3) is 0.323. The van der Waals surface area contributed by atoms with Gasteiger partial charge in [0.25, 0.3) is 0 Å². The Balaban J connectivity index is 1.82. The molecular formula is C31H35F3N4O3S. The number of nitrogens with zero attached hydrogens (tertiary/aromatic N) is 3. The van der Waals surface area contributed by atoms with E-state index in [2.05, 4.69) is 4.98 Å². The quantitative estimate of drug-likeness (QED) is 0.204. The van der Waals surface area contributed by atoms with E-state index in [1.807, 2.05) is 24.0 Å². The molecule has 0 bridgehead atoms. The Morgan fingerprint density at radius 2 is 1.52 bits per heavy atom. The van der Waals surface area contributed by atoms with Crippen molar-refractivity contribution in [2.75, 3.05) is 0 Å². The van der Waals surface area contributed by atoms with Gasteiger partial charge >= 0.3 is 6.18 Å². The molecule has 11 heteroatoms. The molecule has 3 N–H and O–H groups in total. The number of hydrogen-bond acceptors (Lipinski definition) is 5. The molecule has 1 heterocycles. The summed E-state index contributed by atoms with van der Waals surface area (Å²) in [5.74, 6) is 0.438. The molecule has 0 aliphatic carbocycles. The van der Waals surface area contributed by atoms with Crippen molar-refractivity contribution in [3.05, 3.63) is 100 Å². The summed E-state index contributed by atoms with van der Waals surface area (Å²) < 4.78 is 68.7. The maximum Gasteiger partial charge on any atom is 0.435 e. The van der Waals surface area contributed by atoms with Crippen LogP contribution in [0.1, 0.15) is 53.4 Å². The van der Waals surface area contributed by atoms with Crippen LogP contribution in [0.15, 0.2) is 71.6 Å². The maximum atomic E-state index is 14.5. The van der Waals surface area contributed by atoms with E-state index in [0.29, 0.717) is 35.2 Å². The Morgan fingerprint density at radius 1 is 0.929 bits per heavy atom. The summed E-state index contributed by atoms with van der Waals surface area (Å²) in [5, 5.41) is 15.5. The van der Waals surface area contributed by atoms with E-state index in [1.54, 1.807) is 60.9 Å². The van der Waals surface area contributed by atoms with E-state index in [9.17, 15) is 26.7 Å². The third-order valence-corrected chi connectivity index (χ3v) is 8.03. The lowest BCUT2D eigenvalue weighted by atomic mass is 10.0. The Hall–Kier alpha value is -3.67. The number of imidazole rings is 1. The molecule has 0 radical (unpaired) electrons. The van der Waals surface area contributed by atoms with Crippen LogP contribution in [-0.4, -0.2) is 28.0 Å². The average Bonchev–Trinajstić information content (AvgIpc) is 3.29. The summed E-state index contributed by atoms with van der Waals surface area (Å²) in [6, 6.07) is 18.5. The molecule has 3 aromatic carbocycles. The van der Waals surface area contributed by atoms with Gasteiger partial charge in [-0.05, 0) is 54.7 Å². The minimum Gasteiger partial charge on any atom is -0.507 e. The van der Waals surface area contributed by atoms with Gasteiger partial charge in [0.1, 0.15) is 11.6 Å². The fourth-order valence-electron chi connectivity index (χ4n) is 5.06. The minimum atomic E-state index is -4.68. The topological polar surface area (TPSA) is 101 Å². The number of primary sulfonamides is 1. The molecule has 4 aromatic rings. The predicted molar refractivity (Wildman–Crippen MR) is 156 cm³/mol. The van der Waals surface area contributed by atoms with Crippen molar-refractivity contribution in [3.8, 4) is 17.1 Å². The molecule has 0 amide bonds. The summed E-state index contributed by atoms with van der Waals surface area (Å²) in [5.41, 5.74) is 2.58. The number of nitrogens with two attached hydrogens (primary N) is 1. The molecular weight excluding hydrogens is 565 g/mol. The van der Waals surface area contributed by atoms with Crippen LogP contribution in [0.2, 0.25) is 0 Å². The van der Waals surface area contributed by atoms with Gasteiger partial charge in [-0.3, -0.25) is 4.90 Å². The van der Waals surface area contributed by atoms with Crippen LogP contribution in [0.25, 0.3) is 11.4 Å². The van der Waals surface area contributed by atoms with Gasteiger partial charge in [-0.25, -0.2) is 18.5 Å². The van der Waals surface area contributed by atoms with Crippen LogP contribution in [0.4, 0.5) is 13.2 Å². The van der Waals surface area contributed by atoms with Crippen molar-refractivity contribution in [2.45, 2.75) is 70.9 Å². The summed E-state index contributed by atoms with van der Waals surface area (Å²) >= 11 is 0. The number of rotatable bonds is 11. The van der Waals surface area contributed by atoms with Crippen molar-refractivity contribution >= 4 is 10.0 Å². The predicted octanol–water partition coefficient (Wildman–Crippen LogP) is 6.54. The number of hydrogen-bond donors (Lipinski definition) is 2. The number of sulfonamides is 1. The lowest BCUT2D eigenvalue weighted by Gasteiger charge is -2.25. The number of aryl methyl sites for hydroxylation is 2. The number of unbranched alkanes of at least 4 members (excludes halogenated alkanes) is 1. The summed E-state index contributed by atoms with van der Waals surface area (Å²) in [6.45, 7) is 6.32. The monoisotopic (exact) mass is 600 g/mol. The molecule has 1 aromatic heterocycles. The second-order valence-corrected chi connectivity index (χ2v) is 12.1. The lowest BCUT2D eigenvalue weighted by Crippen LogP contribution is -2.26. The maximum absolute atomic E-state index is 14.5. The first-order valence-corrected chi connectivity index (χ1v) is 15.2. The number of halogens is 3. The summed E-state index contributed by atoms with van der Waals surface area (Å²) in [4.78, 5) is 5.96. The van der Waals surface area contributed by atoms with Gasteiger partial charge in [0, 0.05) is 31.7 Å². The molecule has 0 fully saturated rings. The third kappa shape index (κ3) is 7.39. The zero-order chi connectivity index (χ0) is 30.7. The standard InChI is InChI=1S/C31H35F3N4O3S/c1-4-5-15-38-27(29(31(32,33)34)36-30(38)25-9-7-6-8-10-25)20-37(19-24-16-21(2)28(39)22(3)17-24)18-23-11-13-26(14-12-23)42(35,40)41/h6-14,16-17,39H,4-5,15,18-20H2,1-3H3,(H2,35,40,41). The van der Waals surface area contributed by atoms with Crippen LogP contribution >= 0.6 is 0 Å². The molecule has 0 saturated carbocycles. The Bertz CT molecular complexity index is 1610. The SMILES string of the molecule is CCCCn1c(-c2ccccc2)nc(C(F)(F)F)c1CN(Cc1ccc(S(N)(=O)=O)cc1)Cc1cc(C)c(O)c(C)c1. The summed E-state index contributed by atoms with van der Waals surface area (Å²) in [7, 11) is -3.89. The second kappa shape index (κ2) is 12.7. The Labute approximate surface area is 244 Å². The van der Waals surface area contributed by atoms with E-state index in [4.69, 9.17) is 5.14 Å². The van der Waals surface area contributed by atoms with Gasteiger partial charge in [0.2, 0.25) is 10.0 Å². The van der Waals surface area contributed by atoms with Gasteiger partial charge in [-0.2, -0.15) is 13.2 Å². The molecule has 224 valence electrons. The van der Waals surface area contributed by atoms with Crippen molar-refractivity contribution in [1.29, 1.82) is 0 Å². The minimum absolute atomic E-state index is 0.0490. The number of phenols is 1. The highest BCUT2D eigenvalue weighted by Gasteiger charge is 2.39.